The van der Waals surface area contributed by atoms with E-state index in [0.717, 1.165) is 5.92 Å². The van der Waals surface area contributed by atoms with Gasteiger partial charge in [-0.25, -0.2) is 13.1 Å². The second-order valence-electron chi connectivity index (χ2n) is 5.21. The fraction of sp³-hybridized carbons (Fsp3) is 1.00. The van der Waals surface area contributed by atoms with Crippen molar-refractivity contribution in [3.63, 3.8) is 0 Å². The number of nitrogens with one attached hydrogen (secondary N) is 2. The minimum atomic E-state index is -3.06. The zero-order valence-corrected chi connectivity index (χ0v) is 10.7. The normalized spacial score (nSPS) is 23.3. The lowest BCUT2D eigenvalue weighted by molar-refractivity contribution is 0.491. The van der Waals surface area contributed by atoms with Crippen LogP contribution in [0.15, 0.2) is 0 Å². The van der Waals surface area contributed by atoms with Gasteiger partial charge in [-0.15, -0.1) is 0 Å². The average molecular weight is 246 g/mol. The van der Waals surface area contributed by atoms with Crippen LogP contribution in [-0.4, -0.2) is 33.3 Å². The van der Waals surface area contributed by atoms with Gasteiger partial charge in [0.2, 0.25) is 10.0 Å². The largest absolute Gasteiger partial charge is 0.313 e. The Kier molecular flexibility index (Phi) is 3.87. The third-order valence-corrected chi connectivity index (χ3v) is 4.78. The van der Waals surface area contributed by atoms with Crippen LogP contribution < -0.4 is 10.0 Å². The molecule has 0 radical (unpaired) electrons. The Balaban J connectivity index is 1.60. The summed E-state index contributed by atoms with van der Waals surface area (Å²) < 4.78 is 26.0. The molecule has 94 valence electrons. The predicted molar refractivity (Wildman–Crippen MR) is 64.7 cm³/mol. The molecule has 0 aliphatic heterocycles. The Morgan fingerprint density at radius 2 is 1.94 bits per heavy atom. The lowest BCUT2D eigenvalue weighted by Crippen LogP contribution is -2.35. The summed E-state index contributed by atoms with van der Waals surface area (Å²) in [4.78, 5) is 0. The summed E-state index contributed by atoms with van der Waals surface area (Å²) in [7, 11) is -3.06. The number of hydrogen-bond donors (Lipinski definition) is 2. The van der Waals surface area contributed by atoms with E-state index >= 15 is 0 Å². The highest BCUT2D eigenvalue weighted by molar-refractivity contribution is 7.89. The molecule has 4 nitrogen and oxygen atoms in total. The second kappa shape index (κ2) is 5.02. The summed E-state index contributed by atoms with van der Waals surface area (Å²) >= 11 is 0. The van der Waals surface area contributed by atoms with E-state index in [1.54, 1.807) is 0 Å². The second-order valence-corrected chi connectivity index (χ2v) is 7.14. The van der Waals surface area contributed by atoms with Crippen molar-refractivity contribution in [1.82, 2.24) is 10.0 Å². The average Bonchev–Trinajstić information content (AvgIpc) is 3.04. The van der Waals surface area contributed by atoms with Gasteiger partial charge in [0.25, 0.3) is 0 Å². The zero-order chi connectivity index (χ0) is 11.6. The van der Waals surface area contributed by atoms with Gasteiger partial charge in [0, 0.05) is 19.1 Å². The third-order valence-electron chi connectivity index (χ3n) is 3.43. The summed E-state index contributed by atoms with van der Waals surface area (Å²) in [6.07, 6.45) is 4.94. The zero-order valence-electron chi connectivity index (χ0n) is 9.91. The maximum Gasteiger partial charge on any atom is 0.212 e. The van der Waals surface area contributed by atoms with Gasteiger partial charge in [0.05, 0.1) is 5.75 Å². The molecular weight excluding hydrogens is 224 g/mol. The van der Waals surface area contributed by atoms with Crippen molar-refractivity contribution in [3.05, 3.63) is 0 Å². The molecule has 1 atom stereocenters. The Bertz CT molecular complexity index is 321. The summed E-state index contributed by atoms with van der Waals surface area (Å²) in [5, 5.41) is 3.22. The topological polar surface area (TPSA) is 58.2 Å². The fourth-order valence-corrected chi connectivity index (χ4v) is 2.90. The van der Waals surface area contributed by atoms with E-state index in [-0.39, 0.29) is 5.75 Å². The quantitative estimate of drug-likeness (QED) is 0.663. The Hall–Kier alpha value is -0.130. The van der Waals surface area contributed by atoms with Gasteiger partial charge in [0.15, 0.2) is 0 Å². The fourth-order valence-electron chi connectivity index (χ4n) is 1.85. The van der Waals surface area contributed by atoms with Crippen LogP contribution in [0.1, 0.15) is 32.6 Å². The van der Waals surface area contributed by atoms with Crippen molar-refractivity contribution >= 4 is 10.0 Å². The molecule has 2 fully saturated rings. The van der Waals surface area contributed by atoms with Crippen molar-refractivity contribution < 1.29 is 8.42 Å². The van der Waals surface area contributed by atoms with Crippen LogP contribution in [0.25, 0.3) is 0 Å². The minimum absolute atomic E-state index is 0.209. The molecule has 2 aliphatic rings. The maximum absolute atomic E-state index is 11.6. The van der Waals surface area contributed by atoms with E-state index in [1.165, 1.54) is 25.7 Å². The molecule has 0 bridgehead atoms. The van der Waals surface area contributed by atoms with Gasteiger partial charge >= 0.3 is 0 Å². The number of hydrogen-bond acceptors (Lipinski definition) is 3. The van der Waals surface area contributed by atoms with Crippen molar-refractivity contribution in [2.75, 3.05) is 18.8 Å². The van der Waals surface area contributed by atoms with Gasteiger partial charge in [-0.05, 0) is 37.5 Å². The first-order valence-corrected chi connectivity index (χ1v) is 7.93. The van der Waals surface area contributed by atoms with Crippen LogP contribution in [0.2, 0.25) is 0 Å². The lowest BCUT2D eigenvalue weighted by atomic mass is 10.1. The molecule has 0 aromatic carbocycles. The van der Waals surface area contributed by atoms with Crippen molar-refractivity contribution in [1.29, 1.82) is 0 Å². The van der Waals surface area contributed by atoms with E-state index in [4.69, 9.17) is 0 Å². The van der Waals surface area contributed by atoms with Crippen LogP contribution in [0.3, 0.4) is 0 Å². The smallest absolute Gasteiger partial charge is 0.212 e. The molecule has 5 heteroatoms. The SMILES string of the molecule is CC(CNS(=O)(=O)CCNC1CC1)C1CC1. The molecule has 0 saturated heterocycles. The molecular formula is C11H22N2O2S. The molecule has 0 aromatic heterocycles. The van der Waals surface area contributed by atoms with E-state index < -0.39 is 10.0 Å². The summed E-state index contributed by atoms with van der Waals surface area (Å²) in [6, 6.07) is 0.584. The summed E-state index contributed by atoms with van der Waals surface area (Å²) in [5.74, 6) is 1.46. The van der Waals surface area contributed by atoms with Crippen LogP contribution in [0.5, 0.6) is 0 Å². The monoisotopic (exact) mass is 246 g/mol. The van der Waals surface area contributed by atoms with Gasteiger partial charge < -0.3 is 5.32 Å². The Morgan fingerprint density at radius 3 is 2.50 bits per heavy atom. The lowest BCUT2D eigenvalue weighted by Gasteiger charge is -2.12. The maximum atomic E-state index is 11.6. The molecule has 2 aliphatic carbocycles. The van der Waals surface area contributed by atoms with Crippen molar-refractivity contribution in [3.8, 4) is 0 Å². The van der Waals surface area contributed by atoms with Crippen LogP contribution in [0, 0.1) is 11.8 Å². The van der Waals surface area contributed by atoms with Crippen LogP contribution >= 0.6 is 0 Å². The highest BCUT2D eigenvalue weighted by Gasteiger charge is 2.28. The van der Waals surface area contributed by atoms with Crippen molar-refractivity contribution in [2.45, 2.75) is 38.6 Å². The van der Waals surface area contributed by atoms with Gasteiger partial charge in [0.1, 0.15) is 0 Å². The van der Waals surface area contributed by atoms with E-state index in [9.17, 15) is 8.42 Å². The first kappa shape index (κ1) is 12.3. The number of rotatable bonds is 8. The molecule has 2 rings (SSSR count). The molecule has 1 unspecified atom stereocenters. The van der Waals surface area contributed by atoms with Crippen molar-refractivity contribution in [2.24, 2.45) is 11.8 Å². The highest BCUT2D eigenvalue weighted by Crippen LogP contribution is 2.36. The van der Waals surface area contributed by atoms with E-state index in [0.29, 0.717) is 25.0 Å². The molecule has 2 saturated carbocycles. The molecule has 2 N–H and O–H groups in total. The minimum Gasteiger partial charge on any atom is -0.313 e. The van der Waals surface area contributed by atoms with Crippen LogP contribution in [0.4, 0.5) is 0 Å². The molecule has 16 heavy (non-hydrogen) atoms. The van der Waals surface area contributed by atoms with Gasteiger partial charge in [-0.2, -0.15) is 0 Å². The number of sulfonamides is 1. The molecule has 0 amide bonds. The van der Waals surface area contributed by atoms with E-state index in [2.05, 4.69) is 17.0 Å². The molecule has 0 aromatic rings. The van der Waals surface area contributed by atoms with Gasteiger partial charge in [-0.1, -0.05) is 6.92 Å². The van der Waals surface area contributed by atoms with Gasteiger partial charge in [-0.3, -0.25) is 0 Å². The Labute approximate surface area is 98.2 Å². The Morgan fingerprint density at radius 1 is 1.25 bits per heavy atom. The molecule has 0 heterocycles. The summed E-state index contributed by atoms with van der Waals surface area (Å²) in [6.45, 7) is 3.32. The first-order valence-electron chi connectivity index (χ1n) is 6.27. The standard InChI is InChI=1S/C11H22N2O2S/c1-9(10-2-3-10)8-13-16(14,15)7-6-12-11-4-5-11/h9-13H,2-8H2,1H3. The first-order chi connectivity index (χ1) is 7.57. The van der Waals surface area contributed by atoms with Crippen LogP contribution in [-0.2, 0) is 10.0 Å². The predicted octanol–water partition coefficient (Wildman–Crippen LogP) is 0.704. The molecule has 0 spiro atoms. The third kappa shape index (κ3) is 4.39. The summed E-state index contributed by atoms with van der Waals surface area (Å²) in [5.41, 5.74) is 0. The highest BCUT2D eigenvalue weighted by atomic mass is 32.2. The van der Waals surface area contributed by atoms with E-state index in [1.807, 2.05) is 0 Å².